The molecule has 3 aromatic rings. The summed E-state index contributed by atoms with van der Waals surface area (Å²) in [5, 5.41) is 0. The maximum atomic E-state index is 13.0. The molecule has 0 aliphatic carbocycles. The number of anilines is 1. The molecule has 1 aromatic heterocycles. The first-order chi connectivity index (χ1) is 12.3. The number of rotatable bonds is 6. The van der Waals surface area contributed by atoms with E-state index >= 15 is 0 Å². The van der Waals surface area contributed by atoms with Crippen LogP contribution in [0, 0.1) is 0 Å². The number of ether oxygens (including phenoxy) is 1. The summed E-state index contributed by atoms with van der Waals surface area (Å²) in [7, 11) is 1.62. The predicted molar refractivity (Wildman–Crippen MR) is 98.6 cm³/mol. The Hall–Kier alpha value is -3.14. The van der Waals surface area contributed by atoms with Crippen LogP contribution in [0.2, 0.25) is 0 Å². The maximum Gasteiger partial charge on any atom is 0.231 e. The number of carbonyl (C=O) groups is 1. The molecule has 0 N–H and O–H groups in total. The summed E-state index contributed by atoms with van der Waals surface area (Å²) in [4.78, 5) is 18.9. The molecule has 126 valence electrons. The summed E-state index contributed by atoms with van der Waals surface area (Å²) >= 11 is 0. The van der Waals surface area contributed by atoms with Crippen LogP contribution in [0.5, 0.6) is 5.75 Å². The van der Waals surface area contributed by atoms with Gasteiger partial charge in [0.25, 0.3) is 0 Å². The molecule has 0 aliphatic heterocycles. The molecule has 0 fully saturated rings. The van der Waals surface area contributed by atoms with Crippen molar-refractivity contribution in [2.45, 2.75) is 13.0 Å². The first kappa shape index (κ1) is 16.7. The van der Waals surface area contributed by atoms with Crippen LogP contribution >= 0.6 is 0 Å². The third-order valence-corrected chi connectivity index (χ3v) is 3.92. The standard InChI is InChI=1S/C21H20N2O2/c1-25-20-11-5-7-17(13-20)14-21(24)23(19-9-3-2-4-10-19)16-18-8-6-12-22-15-18/h2-13,15H,14,16H2,1H3. The minimum atomic E-state index is 0.0308. The topological polar surface area (TPSA) is 42.4 Å². The minimum absolute atomic E-state index is 0.0308. The molecule has 4 heteroatoms. The SMILES string of the molecule is COc1cccc(CC(=O)N(Cc2cccnc2)c2ccccc2)c1. The Balaban J connectivity index is 1.84. The molecular weight excluding hydrogens is 312 g/mol. The van der Waals surface area contributed by atoms with Gasteiger partial charge in [0.2, 0.25) is 5.91 Å². The Morgan fingerprint density at radius 2 is 1.80 bits per heavy atom. The van der Waals surface area contributed by atoms with Gasteiger partial charge in [-0.05, 0) is 41.5 Å². The van der Waals surface area contributed by atoms with Crippen molar-refractivity contribution in [3.63, 3.8) is 0 Å². The molecule has 1 heterocycles. The van der Waals surface area contributed by atoms with Crippen LogP contribution in [0.25, 0.3) is 0 Å². The summed E-state index contributed by atoms with van der Waals surface area (Å²) in [6, 6.07) is 21.2. The molecular formula is C21H20N2O2. The van der Waals surface area contributed by atoms with Crippen molar-refractivity contribution in [1.29, 1.82) is 0 Å². The highest BCUT2D eigenvalue weighted by Gasteiger charge is 2.17. The van der Waals surface area contributed by atoms with Gasteiger partial charge in [0, 0.05) is 18.1 Å². The monoisotopic (exact) mass is 332 g/mol. The van der Waals surface area contributed by atoms with E-state index in [-0.39, 0.29) is 5.91 Å². The molecule has 0 bridgehead atoms. The van der Waals surface area contributed by atoms with E-state index in [4.69, 9.17) is 4.74 Å². The van der Waals surface area contributed by atoms with Gasteiger partial charge in [-0.3, -0.25) is 9.78 Å². The number of nitrogens with zero attached hydrogens (tertiary/aromatic N) is 2. The van der Waals surface area contributed by atoms with E-state index in [1.165, 1.54) is 0 Å². The van der Waals surface area contributed by atoms with Crippen LogP contribution < -0.4 is 9.64 Å². The lowest BCUT2D eigenvalue weighted by Crippen LogP contribution is -2.31. The number of pyridine rings is 1. The third kappa shape index (κ3) is 4.44. The lowest BCUT2D eigenvalue weighted by molar-refractivity contribution is -0.118. The second-order valence-electron chi connectivity index (χ2n) is 5.71. The average molecular weight is 332 g/mol. The van der Waals surface area contributed by atoms with Crippen molar-refractivity contribution in [2.75, 3.05) is 12.0 Å². The Morgan fingerprint density at radius 1 is 1.00 bits per heavy atom. The molecule has 0 unspecified atom stereocenters. The van der Waals surface area contributed by atoms with E-state index in [9.17, 15) is 4.79 Å². The molecule has 0 saturated heterocycles. The second kappa shape index (κ2) is 8.11. The zero-order valence-corrected chi connectivity index (χ0v) is 14.1. The number of carbonyl (C=O) groups excluding carboxylic acids is 1. The summed E-state index contributed by atoms with van der Waals surface area (Å²) in [5.41, 5.74) is 2.79. The number of para-hydroxylation sites is 1. The van der Waals surface area contributed by atoms with Crippen molar-refractivity contribution in [2.24, 2.45) is 0 Å². The van der Waals surface area contributed by atoms with Gasteiger partial charge in [0.15, 0.2) is 0 Å². The van der Waals surface area contributed by atoms with Gasteiger partial charge < -0.3 is 9.64 Å². The molecule has 25 heavy (non-hydrogen) atoms. The van der Waals surface area contributed by atoms with Gasteiger partial charge in [0.1, 0.15) is 5.75 Å². The Kier molecular flexibility index (Phi) is 5.42. The van der Waals surface area contributed by atoms with Crippen molar-refractivity contribution in [3.05, 3.63) is 90.3 Å². The summed E-state index contributed by atoms with van der Waals surface area (Å²) in [6.07, 6.45) is 3.83. The van der Waals surface area contributed by atoms with Gasteiger partial charge in [0.05, 0.1) is 20.1 Å². The lowest BCUT2D eigenvalue weighted by atomic mass is 10.1. The number of benzene rings is 2. The van der Waals surface area contributed by atoms with Crippen LogP contribution in [0.1, 0.15) is 11.1 Å². The smallest absolute Gasteiger partial charge is 0.231 e. The third-order valence-electron chi connectivity index (χ3n) is 3.92. The molecule has 3 rings (SSSR count). The fourth-order valence-corrected chi connectivity index (χ4v) is 2.66. The van der Waals surface area contributed by atoms with E-state index in [0.29, 0.717) is 13.0 Å². The van der Waals surface area contributed by atoms with Crippen LogP contribution in [0.4, 0.5) is 5.69 Å². The molecule has 0 atom stereocenters. The zero-order chi connectivity index (χ0) is 17.5. The summed E-state index contributed by atoms with van der Waals surface area (Å²) in [5.74, 6) is 0.784. The van der Waals surface area contributed by atoms with Crippen molar-refractivity contribution in [1.82, 2.24) is 4.98 Å². The normalized spacial score (nSPS) is 10.3. The highest BCUT2D eigenvalue weighted by molar-refractivity contribution is 5.94. The molecule has 4 nitrogen and oxygen atoms in total. The van der Waals surface area contributed by atoms with E-state index in [1.807, 2.05) is 66.7 Å². The highest BCUT2D eigenvalue weighted by atomic mass is 16.5. The number of amides is 1. The second-order valence-corrected chi connectivity index (χ2v) is 5.71. The van der Waals surface area contributed by atoms with Crippen molar-refractivity contribution in [3.8, 4) is 5.75 Å². The van der Waals surface area contributed by atoms with Crippen molar-refractivity contribution >= 4 is 11.6 Å². The Morgan fingerprint density at radius 3 is 2.52 bits per heavy atom. The molecule has 2 aromatic carbocycles. The lowest BCUT2D eigenvalue weighted by Gasteiger charge is -2.23. The summed E-state index contributed by atoms with van der Waals surface area (Å²) in [6.45, 7) is 0.487. The molecule has 0 radical (unpaired) electrons. The Bertz CT molecular complexity index is 820. The molecule has 0 spiro atoms. The molecule has 1 amide bonds. The van der Waals surface area contributed by atoms with Crippen LogP contribution in [-0.2, 0) is 17.8 Å². The average Bonchev–Trinajstić information content (AvgIpc) is 2.67. The number of methoxy groups -OCH3 is 1. The van der Waals surface area contributed by atoms with Gasteiger partial charge in [-0.25, -0.2) is 0 Å². The fourth-order valence-electron chi connectivity index (χ4n) is 2.66. The van der Waals surface area contributed by atoms with Gasteiger partial charge in [-0.15, -0.1) is 0 Å². The number of hydrogen-bond donors (Lipinski definition) is 0. The Labute approximate surface area is 147 Å². The summed E-state index contributed by atoms with van der Waals surface area (Å²) < 4.78 is 5.24. The first-order valence-electron chi connectivity index (χ1n) is 8.13. The van der Waals surface area contributed by atoms with Gasteiger partial charge in [-0.1, -0.05) is 36.4 Å². The van der Waals surface area contributed by atoms with Gasteiger partial charge >= 0.3 is 0 Å². The van der Waals surface area contributed by atoms with Crippen molar-refractivity contribution < 1.29 is 9.53 Å². The van der Waals surface area contributed by atoms with E-state index in [2.05, 4.69) is 4.98 Å². The maximum absolute atomic E-state index is 13.0. The van der Waals surface area contributed by atoms with Crippen LogP contribution in [0.15, 0.2) is 79.1 Å². The fraction of sp³-hybridized carbons (Fsp3) is 0.143. The van der Waals surface area contributed by atoms with Gasteiger partial charge in [-0.2, -0.15) is 0 Å². The first-order valence-corrected chi connectivity index (χ1v) is 8.13. The number of hydrogen-bond acceptors (Lipinski definition) is 3. The van der Waals surface area contributed by atoms with E-state index in [0.717, 1.165) is 22.6 Å². The quantitative estimate of drug-likeness (QED) is 0.688. The highest BCUT2D eigenvalue weighted by Crippen LogP contribution is 2.20. The van der Waals surface area contributed by atoms with E-state index < -0.39 is 0 Å². The van der Waals surface area contributed by atoms with Crippen LogP contribution in [0.3, 0.4) is 0 Å². The minimum Gasteiger partial charge on any atom is -0.497 e. The van der Waals surface area contributed by atoms with E-state index in [1.54, 1.807) is 24.4 Å². The number of aromatic nitrogens is 1. The largest absolute Gasteiger partial charge is 0.497 e. The molecule has 0 aliphatic rings. The predicted octanol–water partition coefficient (Wildman–Crippen LogP) is 3.87. The molecule has 0 saturated carbocycles. The van der Waals surface area contributed by atoms with Crippen LogP contribution in [-0.4, -0.2) is 18.0 Å². The zero-order valence-electron chi connectivity index (χ0n) is 14.1.